The molecule has 0 spiro atoms. The first-order valence-corrected chi connectivity index (χ1v) is 34.9. The van der Waals surface area contributed by atoms with Crippen molar-refractivity contribution in [3.63, 3.8) is 0 Å². The van der Waals surface area contributed by atoms with Gasteiger partial charge in [0.2, 0.25) is 29.1 Å². The molecule has 6 aromatic heterocycles. The van der Waals surface area contributed by atoms with Crippen LogP contribution < -0.4 is 59.8 Å². The molecule has 0 amide bonds. The molecule has 23 heteroatoms. The van der Waals surface area contributed by atoms with Crippen LogP contribution in [0.1, 0.15) is 132 Å². The fourth-order valence-electron chi connectivity index (χ4n) is 15.1. The first kappa shape index (κ1) is 66.5. The van der Waals surface area contributed by atoms with Gasteiger partial charge in [0, 0.05) is 34.1 Å². The number of rotatable bonds is 22. The lowest BCUT2D eigenvalue weighted by Crippen LogP contribution is -2.26. The van der Waals surface area contributed by atoms with Crippen molar-refractivity contribution in [3.05, 3.63) is 175 Å². The van der Waals surface area contributed by atoms with E-state index in [0.29, 0.717) is 148 Å². The van der Waals surface area contributed by atoms with Crippen LogP contribution in [0.5, 0.6) is 69.3 Å². The van der Waals surface area contributed by atoms with Crippen molar-refractivity contribution in [1.29, 1.82) is 0 Å². The molecule has 2 unspecified atom stereocenters. The molecule has 6 N–H and O–H groups in total. The number of hydrogen-bond donors (Lipinski definition) is 3. The molecule has 21 nitrogen and oxygen atoms in total. The van der Waals surface area contributed by atoms with Gasteiger partial charge in [0.15, 0.2) is 28.7 Å². The molecule has 12 aromatic rings. The summed E-state index contributed by atoms with van der Waals surface area (Å²) in [6.45, 7) is 6.94. The van der Waals surface area contributed by atoms with E-state index in [-0.39, 0.29) is 58.4 Å². The van der Waals surface area contributed by atoms with Crippen LogP contribution in [0, 0.1) is 17.6 Å². The van der Waals surface area contributed by atoms with Gasteiger partial charge in [0.05, 0.1) is 70.7 Å². The van der Waals surface area contributed by atoms with Gasteiger partial charge in [-0.2, -0.15) is 13.9 Å². The summed E-state index contributed by atoms with van der Waals surface area (Å²) in [5, 5.41) is 5.92. The van der Waals surface area contributed by atoms with Gasteiger partial charge >= 0.3 is 0 Å². The number of aromatic nitrogens is 9. The van der Waals surface area contributed by atoms with Crippen LogP contribution in [0.4, 0.5) is 26.2 Å². The molecule has 0 radical (unpaired) electrons. The number of nitrogen functional groups attached to an aromatic ring is 3. The second-order valence-corrected chi connectivity index (χ2v) is 26.4. The third-order valence-corrected chi connectivity index (χ3v) is 20.1. The van der Waals surface area contributed by atoms with E-state index in [1.165, 1.54) is 20.3 Å². The summed E-state index contributed by atoms with van der Waals surface area (Å²) in [5.74, 6) is 5.62. The monoisotopic (exact) mass is 1380 g/mol. The largest absolute Gasteiger partial charge is 0.494 e. The fourth-order valence-corrected chi connectivity index (χ4v) is 15.1. The Morgan fingerprint density at radius 3 is 1.57 bits per heavy atom. The van der Waals surface area contributed by atoms with E-state index in [0.717, 1.165) is 66.7 Å². The van der Waals surface area contributed by atoms with Crippen LogP contribution in [0.2, 0.25) is 0 Å². The number of pyridine rings is 1. The first-order chi connectivity index (χ1) is 49.8. The summed E-state index contributed by atoms with van der Waals surface area (Å²) in [6, 6.07) is 38.5. The second kappa shape index (κ2) is 28.3. The zero-order chi connectivity index (χ0) is 70.3. The quantitative estimate of drug-likeness (QED) is 0.0570. The Morgan fingerprint density at radius 1 is 0.471 bits per heavy atom. The van der Waals surface area contributed by atoms with Crippen LogP contribution in [0.3, 0.4) is 0 Å². The van der Waals surface area contributed by atoms with Crippen molar-refractivity contribution >= 4 is 39.4 Å². The second-order valence-electron chi connectivity index (χ2n) is 26.4. The average molecular weight is 1380 g/mol. The summed E-state index contributed by atoms with van der Waals surface area (Å²) < 4.78 is 94.9. The maximum absolute atomic E-state index is 16.9. The van der Waals surface area contributed by atoms with Crippen molar-refractivity contribution in [1.82, 2.24) is 43.5 Å². The Kier molecular flexibility index (Phi) is 18.5. The molecule has 0 saturated heterocycles. The molecule has 6 heterocycles. The summed E-state index contributed by atoms with van der Waals surface area (Å²) in [6.07, 6.45) is 13.4. The Labute approximate surface area is 588 Å². The zero-order valence-corrected chi connectivity index (χ0v) is 57.7. The number of fused-ring (bicyclic) bond motifs is 3. The van der Waals surface area contributed by atoms with E-state index in [9.17, 15) is 0 Å². The van der Waals surface area contributed by atoms with Gasteiger partial charge < -0.3 is 59.8 Å². The van der Waals surface area contributed by atoms with Gasteiger partial charge in [-0.3, -0.25) is 13.5 Å². The highest BCUT2D eigenvalue weighted by Gasteiger charge is 2.37. The third kappa shape index (κ3) is 12.6. The Hall–Kier alpha value is -11.4. The first-order valence-electron chi connectivity index (χ1n) is 34.9. The number of anilines is 3. The van der Waals surface area contributed by atoms with E-state index < -0.39 is 17.7 Å². The van der Waals surface area contributed by atoms with E-state index in [2.05, 4.69) is 21.9 Å². The minimum Gasteiger partial charge on any atom is -0.494 e. The molecule has 3 aliphatic rings. The fraction of sp³-hybridized carbons (Fsp3) is 0.316. The molecule has 6 aromatic carbocycles. The van der Waals surface area contributed by atoms with Gasteiger partial charge in [-0.1, -0.05) is 44.0 Å². The third-order valence-electron chi connectivity index (χ3n) is 20.1. The summed E-state index contributed by atoms with van der Waals surface area (Å²) in [7, 11) is 4.44. The van der Waals surface area contributed by atoms with Crippen LogP contribution in [-0.2, 0) is 0 Å². The smallest absolute Gasteiger partial charge is 0.218 e. The molecule has 3 saturated carbocycles. The minimum absolute atomic E-state index is 0.00443. The normalized spacial score (nSPS) is 18.4. The zero-order valence-electron chi connectivity index (χ0n) is 57.7. The Morgan fingerprint density at radius 2 is 0.980 bits per heavy atom. The number of methoxy groups -OCH3 is 3. The lowest BCUT2D eigenvalue weighted by atomic mass is 9.82. The maximum Gasteiger partial charge on any atom is 0.218 e. The number of imidazole rings is 2. The lowest BCUT2D eigenvalue weighted by molar-refractivity contribution is 0.136. The Bertz CT molecular complexity index is 5040. The van der Waals surface area contributed by atoms with Crippen molar-refractivity contribution < 1.29 is 51.4 Å². The van der Waals surface area contributed by atoms with Crippen LogP contribution >= 0.6 is 0 Å². The predicted octanol–water partition coefficient (Wildman–Crippen LogP) is 17.7. The number of ether oxygens (including phenoxy) is 9. The van der Waals surface area contributed by atoms with Crippen molar-refractivity contribution in [2.24, 2.45) is 5.92 Å². The minimum atomic E-state index is -0.711. The summed E-state index contributed by atoms with van der Waals surface area (Å²) in [5.41, 5.74) is 27.0. The van der Waals surface area contributed by atoms with Gasteiger partial charge in [-0.25, -0.2) is 24.9 Å². The van der Waals surface area contributed by atoms with Crippen LogP contribution in [-0.4, -0.2) is 84.1 Å². The van der Waals surface area contributed by atoms with Crippen molar-refractivity contribution in [2.75, 3.05) is 51.7 Å². The molecule has 0 aliphatic heterocycles. The Balaban J connectivity index is 0.681. The number of nitrogens with zero attached hydrogens (tertiary/aromatic N) is 9. The number of para-hydroxylation sites is 1. The summed E-state index contributed by atoms with van der Waals surface area (Å²) >= 11 is 0. The molecule has 3 aliphatic carbocycles. The molecular weight excluding hydrogens is 1300 g/mol. The van der Waals surface area contributed by atoms with E-state index >= 15 is 8.78 Å². The highest BCUT2D eigenvalue weighted by atomic mass is 19.1. The van der Waals surface area contributed by atoms with Crippen LogP contribution in [0.25, 0.3) is 55.7 Å². The van der Waals surface area contributed by atoms with Crippen molar-refractivity contribution in [2.45, 2.75) is 121 Å². The summed E-state index contributed by atoms with van der Waals surface area (Å²) in [4.78, 5) is 24.3. The van der Waals surface area contributed by atoms with E-state index in [1.807, 2.05) is 112 Å². The van der Waals surface area contributed by atoms with E-state index in [4.69, 9.17) is 74.9 Å². The van der Waals surface area contributed by atoms with Crippen LogP contribution in [0.15, 0.2) is 146 Å². The average Bonchev–Trinajstić information content (AvgIpc) is 1.60. The van der Waals surface area contributed by atoms with Crippen molar-refractivity contribution in [3.8, 4) is 103 Å². The molecule has 4 atom stereocenters. The van der Waals surface area contributed by atoms with Gasteiger partial charge in [0.1, 0.15) is 85.7 Å². The van der Waals surface area contributed by atoms with E-state index in [1.54, 1.807) is 62.1 Å². The predicted molar refractivity (Wildman–Crippen MR) is 386 cm³/mol. The number of nitrogens with two attached hydrogens (primary N) is 3. The van der Waals surface area contributed by atoms with Gasteiger partial charge in [-0.05, 0) is 187 Å². The number of halogens is 2. The molecule has 524 valence electrons. The lowest BCUT2D eigenvalue weighted by Gasteiger charge is -2.30. The number of hydrogen-bond acceptors (Lipinski definition) is 18. The molecule has 3 fully saturated rings. The standard InChI is InChI=1S/C79H80F2N12O9/c1-7-97-62-42-86-76(83)71-68(88-78(91(62)71)48-19-17-44(3)18-20-48)46-26-33-55(34-27-46)102-74-60(38-37-59(95-5)66(74)81)100-56-16-12-13-50(40-56)79-89-69(72-77(84)87-43-63(92(72)79)98-8-2)47-24-31-54(32-25-47)101-73-57(35-36-58(94-4)65(73)80)49-21-28-51(39-49)93-70-61(96-6)41-85-75(82)64(70)67(90-93)45-22-29-53(30-23-45)99-52-14-10-9-11-15-52/h9-11,14-15,22-27,29-38,41-44,48-51,56H,7-8,12-13,16-21,28,39-40H2,1-6H3,(H2,82,85)(H2,83,86)(H2,84,87)/t44?,48?,49?,50-,51-,56?/m1/s1. The number of benzene rings is 6. The SMILES string of the molecule is CCOc1cnc(N)c2c(-c3ccc(Oc4c(OC5CCC[C@@H](c6nc(-c7ccc(Oc8c(C9CC[C@@H](n%10nc(-c%11ccc(Oc%12ccccc%12)cc%11)c%11c(N)ncc(OC)c%11%10)C9)ccc(OC)c8F)cc7)c7c(N)ncc(OCC)n67)C5)ccc(OC)c4F)cc3)nc(C3CCC(C)CC3)n12. The highest BCUT2D eigenvalue weighted by Crippen LogP contribution is 2.51. The van der Waals surface area contributed by atoms with Gasteiger partial charge in [0.25, 0.3) is 0 Å². The van der Waals surface area contributed by atoms with Gasteiger partial charge in [-0.15, -0.1) is 0 Å². The topological polar surface area (TPSA) is 252 Å². The highest BCUT2D eigenvalue weighted by molar-refractivity contribution is 6.03. The molecule has 102 heavy (non-hydrogen) atoms. The molecule has 0 bridgehead atoms. The molecule has 15 rings (SSSR count). The maximum atomic E-state index is 16.9. The molecular formula is C79H80F2N12O9.